The second kappa shape index (κ2) is 5.29. The third-order valence-corrected chi connectivity index (χ3v) is 4.13. The molecule has 1 aliphatic rings. The standard InChI is InChI=1S/C18H21NO/c1-12-9-14(13(2)19)7-8-18(12)20-11-16-10-15-5-3-4-6-17(15)16/h3-9,13,16H,10-11,19H2,1-2H3. The fraction of sp³-hybridized carbons (Fsp3) is 0.333. The number of ether oxygens (including phenoxy) is 1. The smallest absolute Gasteiger partial charge is 0.122 e. The third kappa shape index (κ3) is 2.44. The van der Waals surface area contributed by atoms with Gasteiger partial charge in [-0.1, -0.05) is 36.4 Å². The lowest BCUT2D eigenvalue weighted by Gasteiger charge is -2.30. The van der Waals surface area contributed by atoms with Crippen molar-refractivity contribution in [2.75, 3.05) is 6.61 Å². The Morgan fingerprint density at radius 2 is 2.05 bits per heavy atom. The first kappa shape index (κ1) is 13.2. The van der Waals surface area contributed by atoms with Gasteiger partial charge in [0, 0.05) is 12.0 Å². The number of aryl methyl sites for hydroxylation is 1. The average molecular weight is 267 g/mol. The molecule has 0 aromatic heterocycles. The van der Waals surface area contributed by atoms with E-state index in [1.807, 2.05) is 13.0 Å². The predicted octanol–water partition coefficient (Wildman–Crippen LogP) is 3.73. The van der Waals surface area contributed by atoms with E-state index < -0.39 is 0 Å². The van der Waals surface area contributed by atoms with E-state index in [-0.39, 0.29) is 6.04 Å². The molecule has 0 radical (unpaired) electrons. The zero-order valence-electron chi connectivity index (χ0n) is 12.1. The van der Waals surface area contributed by atoms with Gasteiger partial charge in [0.25, 0.3) is 0 Å². The minimum Gasteiger partial charge on any atom is -0.493 e. The lowest BCUT2D eigenvalue weighted by atomic mass is 9.78. The van der Waals surface area contributed by atoms with E-state index in [1.165, 1.54) is 11.1 Å². The number of nitrogens with two attached hydrogens (primary N) is 1. The van der Waals surface area contributed by atoms with Crippen LogP contribution in [0.4, 0.5) is 0 Å². The summed E-state index contributed by atoms with van der Waals surface area (Å²) in [7, 11) is 0. The highest BCUT2D eigenvalue weighted by molar-refractivity contribution is 5.41. The van der Waals surface area contributed by atoms with Gasteiger partial charge >= 0.3 is 0 Å². The molecule has 2 nitrogen and oxygen atoms in total. The van der Waals surface area contributed by atoms with E-state index >= 15 is 0 Å². The van der Waals surface area contributed by atoms with Crippen molar-refractivity contribution in [3.05, 3.63) is 64.7 Å². The Labute approximate surface area is 120 Å². The van der Waals surface area contributed by atoms with Crippen LogP contribution in [0, 0.1) is 6.92 Å². The highest BCUT2D eigenvalue weighted by atomic mass is 16.5. The second-order valence-corrected chi connectivity index (χ2v) is 5.72. The first-order valence-electron chi connectivity index (χ1n) is 7.22. The Kier molecular flexibility index (Phi) is 3.49. The van der Waals surface area contributed by atoms with Gasteiger partial charge in [-0.3, -0.25) is 0 Å². The molecule has 0 heterocycles. The summed E-state index contributed by atoms with van der Waals surface area (Å²) >= 11 is 0. The van der Waals surface area contributed by atoms with E-state index in [2.05, 4.69) is 43.3 Å². The summed E-state index contributed by atoms with van der Waals surface area (Å²) < 4.78 is 5.99. The van der Waals surface area contributed by atoms with Crippen molar-refractivity contribution in [2.24, 2.45) is 5.73 Å². The second-order valence-electron chi connectivity index (χ2n) is 5.72. The van der Waals surface area contributed by atoms with Crippen LogP contribution in [-0.2, 0) is 6.42 Å². The summed E-state index contributed by atoms with van der Waals surface area (Å²) in [5, 5.41) is 0. The van der Waals surface area contributed by atoms with Crippen LogP contribution in [-0.4, -0.2) is 6.61 Å². The SMILES string of the molecule is Cc1cc(C(C)N)ccc1OCC1Cc2ccccc21. The van der Waals surface area contributed by atoms with Gasteiger partial charge in [-0.15, -0.1) is 0 Å². The van der Waals surface area contributed by atoms with Crippen molar-refractivity contribution in [3.63, 3.8) is 0 Å². The maximum absolute atomic E-state index is 5.99. The van der Waals surface area contributed by atoms with Gasteiger partial charge < -0.3 is 10.5 Å². The Morgan fingerprint density at radius 3 is 2.75 bits per heavy atom. The van der Waals surface area contributed by atoms with Gasteiger partial charge in [0.1, 0.15) is 5.75 Å². The topological polar surface area (TPSA) is 35.2 Å². The molecule has 3 rings (SSSR count). The van der Waals surface area contributed by atoms with E-state index in [0.717, 1.165) is 29.9 Å². The first-order chi connectivity index (χ1) is 9.65. The summed E-state index contributed by atoms with van der Waals surface area (Å²) in [6.45, 7) is 4.84. The molecule has 2 atom stereocenters. The lowest BCUT2D eigenvalue weighted by Crippen LogP contribution is -2.23. The van der Waals surface area contributed by atoms with Gasteiger partial charge in [-0.05, 0) is 48.6 Å². The average Bonchev–Trinajstić information content (AvgIpc) is 2.41. The molecule has 2 aromatic rings. The normalized spacial score (nSPS) is 18.1. The van der Waals surface area contributed by atoms with Crippen molar-refractivity contribution >= 4 is 0 Å². The number of hydrogen-bond acceptors (Lipinski definition) is 2. The summed E-state index contributed by atoms with van der Waals surface area (Å²) in [6, 6.07) is 14.9. The molecule has 2 unspecified atom stereocenters. The zero-order chi connectivity index (χ0) is 14.1. The molecule has 20 heavy (non-hydrogen) atoms. The number of hydrogen-bond donors (Lipinski definition) is 1. The van der Waals surface area contributed by atoms with Crippen LogP contribution in [0.3, 0.4) is 0 Å². The highest BCUT2D eigenvalue weighted by Crippen LogP contribution is 2.35. The molecule has 0 amide bonds. The van der Waals surface area contributed by atoms with Crippen molar-refractivity contribution in [3.8, 4) is 5.75 Å². The molecule has 0 spiro atoms. The van der Waals surface area contributed by atoms with Crippen LogP contribution < -0.4 is 10.5 Å². The number of benzene rings is 2. The van der Waals surface area contributed by atoms with Crippen LogP contribution in [0.5, 0.6) is 5.75 Å². The van der Waals surface area contributed by atoms with Crippen molar-refractivity contribution in [1.29, 1.82) is 0 Å². The summed E-state index contributed by atoms with van der Waals surface area (Å²) in [6.07, 6.45) is 1.13. The molecular formula is C18H21NO. The molecule has 0 bridgehead atoms. The molecular weight excluding hydrogens is 246 g/mol. The molecule has 2 aromatic carbocycles. The predicted molar refractivity (Wildman–Crippen MR) is 82.2 cm³/mol. The Balaban J connectivity index is 1.65. The van der Waals surface area contributed by atoms with Gasteiger partial charge in [0.2, 0.25) is 0 Å². The molecule has 2 heteroatoms. The maximum Gasteiger partial charge on any atom is 0.122 e. The quantitative estimate of drug-likeness (QED) is 0.916. The Bertz CT molecular complexity index is 619. The van der Waals surface area contributed by atoms with Gasteiger partial charge in [-0.25, -0.2) is 0 Å². The molecule has 0 saturated heterocycles. The summed E-state index contributed by atoms with van der Waals surface area (Å²) in [4.78, 5) is 0. The minimum absolute atomic E-state index is 0.0706. The van der Waals surface area contributed by atoms with Crippen LogP contribution in [0.2, 0.25) is 0 Å². The van der Waals surface area contributed by atoms with Crippen LogP contribution in [0.25, 0.3) is 0 Å². The van der Waals surface area contributed by atoms with E-state index in [9.17, 15) is 0 Å². The molecule has 0 aliphatic heterocycles. The molecule has 104 valence electrons. The fourth-order valence-corrected chi connectivity index (χ4v) is 2.82. The van der Waals surface area contributed by atoms with E-state index in [4.69, 9.17) is 10.5 Å². The van der Waals surface area contributed by atoms with Crippen LogP contribution in [0.15, 0.2) is 42.5 Å². The van der Waals surface area contributed by atoms with Gasteiger partial charge in [0.15, 0.2) is 0 Å². The summed E-state index contributed by atoms with van der Waals surface area (Å²) in [5.41, 5.74) is 11.1. The Hall–Kier alpha value is -1.80. The first-order valence-corrected chi connectivity index (χ1v) is 7.22. The van der Waals surface area contributed by atoms with E-state index in [1.54, 1.807) is 0 Å². The number of rotatable bonds is 4. The fourth-order valence-electron chi connectivity index (χ4n) is 2.82. The van der Waals surface area contributed by atoms with Crippen molar-refractivity contribution in [2.45, 2.75) is 32.2 Å². The minimum atomic E-state index is 0.0706. The number of fused-ring (bicyclic) bond motifs is 1. The maximum atomic E-state index is 5.99. The molecule has 2 N–H and O–H groups in total. The molecule has 1 aliphatic carbocycles. The van der Waals surface area contributed by atoms with Gasteiger partial charge in [-0.2, -0.15) is 0 Å². The monoisotopic (exact) mass is 267 g/mol. The lowest BCUT2D eigenvalue weighted by molar-refractivity contribution is 0.273. The molecule has 0 saturated carbocycles. The zero-order valence-corrected chi connectivity index (χ0v) is 12.1. The van der Waals surface area contributed by atoms with Crippen LogP contribution >= 0.6 is 0 Å². The Morgan fingerprint density at radius 1 is 1.25 bits per heavy atom. The largest absolute Gasteiger partial charge is 0.493 e. The van der Waals surface area contributed by atoms with Crippen molar-refractivity contribution in [1.82, 2.24) is 0 Å². The summed E-state index contributed by atoms with van der Waals surface area (Å²) in [5.74, 6) is 1.51. The van der Waals surface area contributed by atoms with Crippen LogP contribution in [0.1, 0.15) is 41.1 Å². The molecule has 0 fully saturated rings. The third-order valence-electron chi connectivity index (χ3n) is 4.13. The highest BCUT2D eigenvalue weighted by Gasteiger charge is 2.25. The van der Waals surface area contributed by atoms with Crippen molar-refractivity contribution < 1.29 is 4.74 Å². The van der Waals surface area contributed by atoms with Gasteiger partial charge in [0.05, 0.1) is 6.61 Å². The van der Waals surface area contributed by atoms with E-state index in [0.29, 0.717) is 5.92 Å².